The molecule has 0 aromatic rings. The second kappa shape index (κ2) is 3.51. The minimum Gasteiger partial charge on any atom is -0.350 e. The van der Waals surface area contributed by atoms with Crippen LogP contribution in [0.25, 0.3) is 0 Å². The van der Waals surface area contributed by atoms with Crippen LogP contribution in [-0.4, -0.2) is 50.9 Å². The van der Waals surface area contributed by atoms with E-state index in [1.165, 1.54) is 0 Å². The highest BCUT2D eigenvalue weighted by Gasteiger charge is 2.27. The van der Waals surface area contributed by atoms with Crippen molar-refractivity contribution in [1.29, 1.82) is 0 Å². The molecule has 0 amide bonds. The SMILES string of the molecule is CN1CN=CC(C2OCCO2)C1. The van der Waals surface area contributed by atoms with Crippen molar-refractivity contribution in [3.63, 3.8) is 0 Å². The molecule has 0 aliphatic carbocycles. The number of hydrogen-bond donors (Lipinski definition) is 0. The quantitative estimate of drug-likeness (QED) is 0.553. The van der Waals surface area contributed by atoms with Gasteiger partial charge in [0.15, 0.2) is 6.29 Å². The molecule has 2 aliphatic rings. The third-order valence-corrected chi connectivity index (χ3v) is 2.14. The molecule has 0 saturated carbocycles. The van der Waals surface area contributed by atoms with Crippen molar-refractivity contribution in [3.05, 3.63) is 0 Å². The summed E-state index contributed by atoms with van der Waals surface area (Å²) in [4.78, 5) is 6.39. The summed E-state index contributed by atoms with van der Waals surface area (Å²) >= 11 is 0. The normalized spacial score (nSPS) is 32.9. The zero-order chi connectivity index (χ0) is 8.39. The molecule has 1 saturated heterocycles. The number of rotatable bonds is 1. The summed E-state index contributed by atoms with van der Waals surface area (Å²) in [7, 11) is 2.05. The van der Waals surface area contributed by atoms with Crippen molar-refractivity contribution >= 4 is 6.21 Å². The number of aliphatic imine (C=N–C) groups is 1. The predicted octanol–water partition coefficient (Wildman–Crippen LogP) is -0.0508. The first kappa shape index (κ1) is 8.16. The third-order valence-electron chi connectivity index (χ3n) is 2.14. The van der Waals surface area contributed by atoms with E-state index in [9.17, 15) is 0 Å². The van der Waals surface area contributed by atoms with Gasteiger partial charge in [0, 0.05) is 12.8 Å². The van der Waals surface area contributed by atoms with Crippen molar-refractivity contribution in [2.45, 2.75) is 6.29 Å². The van der Waals surface area contributed by atoms with Gasteiger partial charge in [-0.1, -0.05) is 0 Å². The Labute approximate surface area is 72.2 Å². The average molecular weight is 170 g/mol. The van der Waals surface area contributed by atoms with Crippen LogP contribution >= 0.6 is 0 Å². The highest BCUT2D eigenvalue weighted by atomic mass is 16.7. The molecule has 0 spiro atoms. The largest absolute Gasteiger partial charge is 0.350 e. The predicted molar refractivity (Wildman–Crippen MR) is 45.2 cm³/mol. The van der Waals surface area contributed by atoms with Crippen molar-refractivity contribution in [1.82, 2.24) is 4.90 Å². The lowest BCUT2D eigenvalue weighted by Gasteiger charge is -2.26. The van der Waals surface area contributed by atoms with Gasteiger partial charge >= 0.3 is 0 Å². The summed E-state index contributed by atoms with van der Waals surface area (Å²) < 4.78 is 10.8. The number of hydrogen-bond acceptors (Lipinski definition) is 4. The molecule has 0 N–H and O–H groups in total. The van der Waals surface area contributed by atoms with E-state index in [4.69, 9.17) is 9.47 Å². The second-order valence-corrected chi connectivity index (χ2v) is 3.29. The minimum atomic E-state index is -0.0588. The van der Waals surface area contributed by atoms with E-state index >= 15 is 0 Å². The molecule has 2 rings (SSSR count). The molecule has 4 nitrogen and oxygen atoms in total. The highest BCUT2D eigenvalue weighted by molar-refractivity contribution is 5.62. The fraction of sp³-hybridized carbons (Fsp3) is 0.875. The van der Waals surface area contributed by atoms with Crippen molar-refractivity contribution in [2.24, 2.45) is 10.9 Å². The van der Waals surface area contributed by atoms with Gasteiger partial charge < -0.3 is 9.47 Å². The lowest BCUT2D eigenvalue weighted by atomic mass is 10.1. The van der Waals surface area contributed by atoms with Crippen LogP contribution in [0.2, 0.25) is 0 Å². The Kier molecular flexibility index (Phi) is 2.39. The van der Waals surface area contributed by atoms with Gasteiger partial charge in [0.1, 0.15) is 0 Å². The first-order chi connectivity index (χ1) is 5.86. The lowest BCUT2D eigenvalue weighted by molar-refractivity contribution is -0.0704. The zero-order valence-corrected chi connectivity index (χ0v) is 7.27. The molecule has 1 unspecified atom stereocenters. The van der Waals surface area contributed by atoms with Gasteiger partial charge in [0.25, 0.3) is 0 Å². The van der Waals surface area contributed by atoms with Crippen LogP contribution in [-0.2, 0) is 9.47 Å². The van der Waals surface area contributed by atoms with Crippen LogP contribution in [0.5, 0.6) is 0 Å². The fourth-order valence-corrected chi connectivity index (χ4v) is 1.57. The maximum atomic E-state index is 5.40. The summed E-state index contributed by atoms with van der Waals surface area (Å²) in [6.07, 6.45) is 1.90. The maximum Gasteiger partial charge on any atom is 0.166 e. The Bertz CT molecular complexity index is 178. The van der Waals surface area contributed by atoms with Crippen LogP contribution < -0.4 is 0 Å². The van der Waals surface area contributed by atoms with Crippen molar-refractivity contribution in [2.75, 3.05) is 33.5 Å². The van der Waals surface area contributed by atoms with E-state index in [0.717, 1.165) is 26.4 Å². The molecular formula is C8H14N2O2. The van der Waals surface area contributed by atoms with Crippen LogP contribution in [0, 0.1) is 5.92 Å². The van der Waals surface area contributed by atoms with Crippen molar-refractivity contribution < 1.29 is 9.47 Å². The molecule has 2 aliphatic heterocycles. The molecule has 0 aromatic carbocycles. The number of nitrogens with zero attached hydrogens (tertiary/aromatic N) is 2. The smallest absolute Gasteiger partial charge is 0.166 e. The van der Waals surface area contributed by atoms with Crippen LogP contribution in [0.3, 0.4) is 0 Å². The molecule has 2 heterocycles. The topological polar surface area (TPSA) is 34.1 Å². The van der Waals surface area contributed by atoms with Crippen molar-refractivity contribution in [3.8, 4) is 0 Å². The third kappa shape index (κ3) is 1.65. The molecule has 1 atom stereocenters. The van der Waals surface area contributed by atoms with Gasteiger partial charge in [-0.2, -0.15) is 0 Å². The second-order valence-electron chi connectivity index (χ2n) is 3.29. The summed E-state index contributed by atoms with van der Waals surface area (Å²) in [6.45, 7) is 3.22. The van der Waals surface area contributed by atoms with E-state index in [2.05, 4.69) is 16.9 Å². The van der Waals surface area contributed by atoms with Crippen LogP contribution in [0.15, 0.2) is 4.99 Å². The van der Waals surface area contributed by atoms with Gasteiger partial charge in [0.2, 0.25) is 0 Å². The Hall–Kier alpha value is -0.450. The maximum absolute atomic E-state index is 5.40. The highest BCUT2D eigenvalue weighted by Crippen LogP contribution is 2.16. The lowest BCUT2D eigenvalue weighted by Crippen LogP contribution is -2.38. The van der Waals surface area contributed by atoms with Gasteiger partial charge in [-0.3, -0.25) is 9.89 Å². The van der Waals surface area contributed by atoms with Crippen LogP contribution in [0.4, 0.5) is 0 Å². The Morgan fingerprint density at radius 2 is 2.17 bits per heavy atom. The first-order valence-corrected chi connectivity index (χ1v) is 4.28. The monoisotopic (exact) mass is 170 g/mol. The van der Waals surface area contributed by atoms with E-state index in [1.54, 1.807) is 0 Å². The average Bonchev–Trinajstić information content (AvgIpc) is 2.56. The Morgan fingerprint density at radius 3 is 2.83 bits per heavy atom. The molecule has 0 aromatic heterocycles. The van der Waals surface area contributed by atoms with Gasteiger partial charge in [-0.25, -0.2) is 0 Å². The number of ether oxygens (including phenoxy) is 2. The van der Waals surface area contributed by atoms with E-state index in [0.29, 0.717) is 5.92 Å². The standard InChI is InChI=1S/C8H14N2O2/c1-10-5-7(4-9-6-10)8-11-2-3-12-8/h4,7-8H,2-3,5-6H2,1H3. The summed E-state index contributed by atoms with van der Waals surface area (Å²) in [5.74, 6) is 0.311. The summed E-state index contributed by atoms with van der Waals surface area (Å²) in [6, 6.07) is 0. The van der Waals surface area contributed by atoms with E-state index in [1.807, 2.05) is 6.21 Å². The van der Waals surface area contributed by atoms with E-state index < -0.39 is 0 Å². The molecule has 0 bridgehead atoms. The minimum absolute atomic E-state index is 0.0588. The van der Waals surface area contributed by atoms with Gasteiger partial charge in [-0.05, 0) is 7.05 Å². The summed E-state index contributed by atoms with van der Waals surface area (Å²) in [5.41, 5.74) is 0. The van der Waals surface area contributed by atoms with Gasteiger partial charge in [-0.15, -0.1) is 0 Å². The molecule has 1 fully saturated rings. The fourth-order valence-electron chi connectivity index (χ4n) is 1.57. The Balaban J connectivity index is 1.94. The summed E-state index contributed by atoms with van der Waals surface area (Å²) in [5, 5.41) is 0. The van der Waals surface area contributed by atoms with Gasteiger partial charge in [0.05, 0.1) is 25.8 Å². The molecule has 0 radical (unpaired) electrons. The molecule has 68 valence electrons. The van der Waals surface area contributed by atoms with E-state index in [-0.39, 0.29) is 6.29 Å². The molecule has 4 heteroatoms. The first-order valence-electron chi connectivity index (χ1n) is 4.28. The zero-order valence-electron chi connectivity index (χ0n) is 7.27. The molecular weight excluding hydrogens is 156 g/mol. The molecule has 12 heavy (non-hydrogen) atoms. The Morgan fingerprint density at radius 1 is 1.42 bits per heavy atom. The van der Waals surface area contributed by atoms with Crippen LogP contribution in [0.1, 0.15) is 0 Å².